The second-order valence-electron chi connectivity index (χ2n) is 5.35. The highest BCUT2D eigenvalue weighted by Crippen LogP contribution is 2.26. The van der Waals surface area contributed by atoms with E-state index in [4.69, 9.17) is 33.3 Å². The molecule has 3 nitrogen and oxygen atoms in total. The molecule has 3 rings (SSSR count). The van der Waals surface area contributed by atoms with E-state index in [1.54, 1.807) is 0 Å². The van der Waals surface area contributed by atoms with E-state index in [0.717, 1.165) is 37.8 Å². The number of halogens is 1. The van der Waals surface area contributed by atoms with E-state index in [0.29, 0.717) is 5.02 Å². The van der Waals surface area contributed by atoms with Gasteiger partial charge in [0.15, 0.2) is 0 Å². The minimum atomic E-state index is 0.137. The number of ether oxygens (including phenoxy) is 2. The minimum Gasteiger partial charge on any atom is -0.457 e. The van der Waals surface area contributed by atoms with Crippen LogP contribution in [-0.4, -0.2) is 36.6 Å². The van der Waals surface area contributed by atoms with Crippen LogP contribution in [0.5, 0.6) is 11.5 Å². The predicted molar refractivity (Wildman–Crippen MR) is 96.8 cm³/mol. The van der Waals surface area contributed by atoms with E-state index in [9.17, 15) is 0 Å². The van der Waals surface area contributed by atoms with Gasteiger partial charge < -0.3 is 9.47 Å². The van der Waals surface area contributed by atoms with Crippen molar-refractivity contribution in [3.8, 4) is 11.5 Å². The van der Waals surface area contributed by atoms with Crippen LogP contribution < -0.4 is 4.74 Å². The first-order valence-electron chi connectivity index (χ1n) is 7.57. The molecule has 1 aliphatic rings. The second-order valence-corrected chi connectivity index (χ2v) is 6.06. The van der Waals surface area contributed by atoms with Crippen LogP contribution in [0, 0.1) is 0 Å². The zero-order valence-corrected chi connectivity index (χ0v) is 14.2. The normalized spacial score (nSPS) is 16.7. The van der Waals surface area contributed by atoms with Crippen molar-refractivity contribution in [2.24, 2.45) is 0 Å². The fraction of sp³-hybridized carbons (Fsp3) is 0.278. The van der Waals surface area contributed by atoms with E-state index in [-0.39, 0.29) is 6.04 Å². The van der Waals surface area contributed by atoms with Gasteiger partial charge in [0.1, 0.15) is 11.5 Å². The highest BCUT2D eigenvalue weighted by atomic mass is 35.5. The summed E-state index contributed by atoms with van der Waals surface area (Å²) in [6.07, 6.45) is 0. The summed E-state index contributed by atoms with van der Waals surface area (Å²) in [4.78, 5) is 2.34. The van der Waals surface area contributed by atoms with Crippen molar-refractivity contribution in [1.29, 1.82) is 0 Å². The Labute approximate surface area is 146 Å². The lowest BCUT2D eigenvalue weighted by atomic mass is 10.1. The average Bonchev–Trinajstić information content (AvgIpc) is 2.60. The molecule has 2 aromatic rings. The van der Waals surface area contributed by atoms with Crippen molar-refractivity contribution in [3.63, 3.8) is 0 Å². The van der Waals surface area contributed by atoms with Crippen molar-refractivity contribution in [1.82, 2.24) is 4.90 Å². The molecule has 23 heavy (non-hydrogen) atoms. The molecule has 120 valence electrons. The number of morpholine rings is 1. The van der Waals surface area contributed by atoms with Gasteiger partial charge in [-0.15, -0.1) is 0 Å². The Morgan fingerprint density at radius 1 is 1.00 bits per heavy atom. The third-order valence-electron chi connectivity index (χ3n) is 3.84. The molecule has 1 aliphatic heterocycles. The van der Waals surface area contributed by atoms with Crippen LogP contribution in [0.3, 0.4) is 0 Å². The summed E-state index contributed by atoms with van der Waals surface area (Å²) in [7, 11) is 0. The molecule has 1 saturated heterocycles. The highest BCUT2D eigenvalue weighted by molar-refractivity contribution is 7.79. The smallest absolute Gasteiger partial charge is 0.127 e. The Morgan fingerprint density at radius 2 is 1.57 bits per heavy atom. The van der Waals surface area contributed by atoms with Crippen LogP contribution in [0.2, 0.25) is 5.02 Å². The third-order valence-corrected chi connectivity index (χ3v) is 4.35. The molecule has 0 spiro atoms. The Balaban J connectivity index is 1.70. The quantitative estimate of drug-likeness (QED) is 0.742. The SMILES string of the molecule is S=CC(c1ccc(Oc2ccc(Cl)cc2)cc1)N1CCOCC1. The first-order chi connectivity index (χ1) is 11.3. The molecular weight excluding hydrogens is 330 g/mol. The van der Waals surface area contributed by atoms with Crippen molar-refractivity contribution in [2.75, 3.05) is 26.3 Å². The largest absolute Gasteiger partial charge is 0.457 e. The summed E-state index contributed by atoms with van der Waals surface area (Å²) in [5, 5.41) is 2.52. The maximum absolute atomic E-state index is 5.88. The van der Waals surface area contributed by atoms with Gasteiger partial charge in [-0.1, -0.05) is 36.0 Å². The molecule has 0 amide bonds. The van der Waals surface area contributed by atoms with E-state index in [2.05, 4.69) is 17.0 Å². The van der Waals surface area contributed by atoms with Gasteiger partial charge in [-0.2, -0.15) is 0 Å². The first-order valence-corrected chi connectivity index (χ1v) is 8.42. The number of hydrogen-bond acceptors (Lipinski definition) is 4. The molecule has 0 aliphatic carbocycles. The Hall–Kier alpha value is -1.46. The van der Waals surface area contributed by atoms with Gasteiger partial charge in [0.05, 0.1) is 19.3 Å². The molecular formula is C18H18ClNO2S. The molecule has 2 aromatic carbocycles. The van der Waals surface area contributed by atoms with Crippen molar-refractivity contribution in [2.45, 2.75) is 6.04 Å². The lowest BCUT2D eigenvalue weighted by Gasteiger charge is -2.32. The Kier molecular flexibility index (Phi) is 5.62. The van der Waals surface area contributed by atoms with Crippen LogP contribution in [0.25, 0.3) is 0 Å². The van der Waals surface area contributed by atoms with E-state index in [1.165, 1.54) is 5.56 Å². The predicted octanol–water partition coefficient (Wildman–Crippen LogP) is 4.51. The summed E-state index contributed by atoms with van der Waals surface area (Å²) in [5.41, 5.74) is 1.17. The number of nitrogens with zero attached hydrogens (tertiary/aromatic N) is 1. The molecule has 0 radical (unpaired) electrons. The number of benzene rings is 2. The zero-order chi connectivity index (χ0) is 16.1. The highest BCUT2D eigenvalue weighted by Gasteiger charge is 2.20. The third kappa shape index (κ3) is 4.30. The fourth-order valence-corrected chi connectivity index (χ4v) is 3.06. The molecule has 1 atom stereocenters. The van der Waals surface area contributed by atoms with E-state index >= 15 is 0 Å². The van der Waals surface area contributed by atoms with Crippen molar-refractivity contribution in [3.05, 3.63) is 59.1 Å². The summed E-state index contributed by atoms with van der Waals surface area (Å²) in [6, 6.07) is 15.5. The molecule has 0 aromatic heterocycles. The standard InChI is InChI=1S/C18H18ClNO2S/c19-15-3-7-17(8-4-15)22-16-5-1-14(2-6-16)18(13-23)20-9-11-21-12-10-20/h1-8,13,18H,9-12H2. The maximum Gasteiger partial charge on any atom is 0.127 e. The lowest BCUT2D eigenvalue weighted by Crippen LogP contribution is -2.39. The fourth-order valence-electron chi connectivity index (χ4n) is 2.60. The van der Waals surface area contributed by atoms with Gasteiger partial charge in [-0.3, -0.25) is 4.90 Å². The van der Waals surface area contributed by atoms with Crippen molar-refractivity contribution >= 4 is 29.2 Å². The van der Waals surface area contributed by atoms with Gasteiger partial charge in [0.2, 0.25) is 0 Å². The van der Waals surface area contributed by atoms with Crippen LogP contribution in [-0.2, 0) is 4.74 Å². The summed E-state index contributed by atoms with van der Waals surface area (Å²) in [6.45, 7) is 3.33. The molecule has 1 heterocycles. The van der Waals surface area contributed by atoms with Crippen LogP contribution in [0.15, 0.2) is 48.5 Å². The van der Waals surface area contributed by atoms with Crippen molar-refractivity contribution < 1.29 is 9.47 Å². The number of thiocarbonyl (C=S) groups is 1. The summed E-state index contributed by atoms with van der Waals surface area (Å²) < 4.78 is 11.2. The van der Waals surface area contributed by atoms with Crippen LogP contribution in [0.1, 0.15) is 11.6 Å². The van der Waals surface area contributed by atoms with E-state index < -0.39 is 0 Å². The monoisotopic (exact) mass is 347 g/mol. The molecule has 0 bridgehead atoms. The zero-order valence-electron chi connectivity index (χ0n) is 12.7. The first kappa shape index (κ1) is 16.4. The summed E-state index contributed by atoms with van der Waals surface area (Å²) in [5.74, 6) is 1.56. The lowest BCUT2D eigenvalue weighted by molar-refractivity contribution is 0.0297. The molecule has 1 unspecified atom stereocenters. The second kappa shape index (κ2) is 7.88. The Morgan fingerprint density at radius 3 is 2.13 bits per heavy atom. The summed E-state index contributed by atoms with van der Waals surface area (Å²) >= 11 is 11.1. The van der Waals surface area contributed by atoms with Crippen LogP contribution >= 0.6 is 23.8 Å². The van der Waals surface area contributed by atoms with Crippen LogP contribution in [0.4, 0.5) is 0 Å². The van der Waals surface area contributed by atoms with Gasteiger partial charge >= 0.3 is 0 Å². The van der Waals surface area contributed by atoms with E-state index in [1.807, 2.05) is 41.8 Å². The molecule has 0 saturated carbocycles. The molecule has 0 N–H and O–H groups in total. The molecule has 5 heteroatoms. The maximum atomic E-state index is 5.88. The molecule has 1 fully saturated rings. The topological polar surface area (TPSA) is 21.7 Å². The van der Waals surface area contributed by atoms with Gasteiger partial charge in [-0.25, -0.2) is 0 Å². The van der Waals surface area contributed by atoms with Gasteiger partial charge in [0.25, 0.3) is 0 Å². The minimum absolute atomic E-state index is 0.137. The number of hydrogen-bond donors (Lipinski definition) is 0. The van der Waals surface area contributed by atoms with Gasteiger partial charge in [-0.05, 0) is 42.0 Å². The van der Waals surface area contributed by atoms with Gasteiger partial charge in [0, 0.05) is 23.5 Å². The average molecular weight is 348 g/mol. The number of rotatable bonds is 5. The Bertz CT molecular complexity index is 639.